The van der Waals surface area contributed by atoms with Crippen LogP contribution in [0.3, 0.4) is 0 Å². The smallest absolute Gasteiger partial charge is 0.354 e. The van der Waals surface area contributed by atoms with Crippen LogP contribution in [0.15, 0.2) is 18.2 Å². The van der Waals surface area contributed by atoms with Gasteiger partial charge in [-0.3, -0.25) is 4.90 Å². The molecule has 2 heterocycles. The maximum Gasteiger partial charge on any atom is 0.354 e. The first kappa shape index (κ1) is 22.0. The van der Waals surface area contributed by atoms with Crippen LogP contribution in [0.25, 0.3) is 10.9 Å². The van der Waals surface area contributed by atoms with Crippen LogP contribution in [0.5, 0.6) is 11.5 Å². The molecule has 0 amide bonds. The number of carbonyl (C=O) groups is 1. The molecule has 2 aliphatic rings. The van der Waals surface area contributed by atoms with Gasteiger partial charge in [-0.05, 0) is 71.5 Å². The molecule has 31 heavy (non-hydrogen) atoms. The first-order chi connectivity index (χ1) is 15.1. The number of hydrogen-bond donors (Lipinski definition) is 1. The number of rotatable bonds is 8. The summed E-state index contributed by atoms with van der Waals surface area (Å²) in [5.74, 6) is 1.21. The van der Waals surface area contributed by atoms with Crippen LogP contribution in [0.2, 0.25) is 0 Å². The van der Waals surface area contributed by atoms with Gasteiger partial charge in [0, 0.05) is 24.1 Å². The number of piperidine rings is 1. The second kappa shape index (κ2) is 10.4. The summed E-state index contributed by atoms with van der Waals surface area (Å²) in [5.41, 5.74) is 1.30. The lowest BCUT2D eigenvalue weighted by Crippen LogP contribution is -2.33. The fourth-order valence-electron chi connectivity index (χ4n) is 4.61. The molecule has 1 aromatic heterocycles. The van der Waals surface area contributed by atoms with Crippen molar-refractivity contribution in [2.75, 3.05) is 26.2 Å². The zero-order valence-electron chi connectivity index (χ0n) is 19.0. The highest BCUT2D eigenvalue weighted by molar-refractivity contribution is 5.97. The second-order valence-corrected chi connectivity index (χ2v) is 9.15. The van der Waals surface area contributed by atoms with E-state index in [2.05, 4.69) is 9.88 Å². The number of carbonyl (C=O) groups excluding carboxylic acids is 1. The van der Waals surface area contributed by atoms with Gasteiger partial charge in [-0.15, -0.1) is 0 Å². The largest absolute Gasteiger partial charge is 0.490 e. The number of aromatic amines is 1. The van der Waals surface area contributed by atoms with Crippen LogP contribution in [-0.2, 0) is 4.74 Å². The van der Waals surface area contributed by atoms with Crippen molar-refractivity contribution in [3.63, 3.8) is 0 Å². The quantitative estimate of drug-likeness (QED) is 0.577. The van der Waals surface area contributed by atoms with E-state index in [1.54, 1.807) is 0 Å². The average Bonchev–Trinajstić information content (AvgIpc) is 3.19. The summed E-state index contributed by atoms with van der Waals surface area (Å²) in [7, 11) is 0. The van der Waals surface area contributed by atoms with E-state index >= 15 is 0 Å². The van der Waals surface area contributed by atoms with E-state index in [0.29, 0.717) is 12.3 Å². The monoisotopic (exact) mass is 428 g/mol. The average molecular weight is 429 g/mol. The van der Waals surface area contributed by atoms with Gasteiger partial charge in [-0.1, -0.05) is 12.8 Å². The van der Waals surface area contributed by atoms with Gasteiger partial charge in [0.25, 0.3) is 0 Å². The van der Waals surface area contributed by atoms with Crippen LogP contribution >= 0.6 is 0 Å². The Labute approximate surface area is 185 Å². The number of nitrogens with zero attached hydrogens (tertiary/aromatic N) is 1. The predicted octanol–water partition coefficient (Wildman–Crippen LogP) is 5.31. The maximum absolute atomic E-state index is 12.6. The molecule has 170 valence electrons. The molecule has 2 fully saturated rings. The van der Waals surface area contributed by atoms with Crippen molar-refractivity contribution in [1.82, 2.24) is 9.88 Å². The highest BCUT2D eigenvalue weighted by Gasteiger charge is 2.19. The zero-order valence-corrected chi connectivity index (χ0v) is 19.0. The van der Waals surface area contributed by atoms with Gasteiger partial charge in [0.05, 0.1) is 17.7 Å². The summed E-state index contributed by atoms with van der Waals surface area (Å²) >= 11 is 0. The number of likely N-dealkylation sites (tertiary alicyclic amines) is 1. The summed E-state index contributed by atoms with van der Waals surface area (Å²) in [6, 6.07) is 5.76. The minimum Gasteiger partial charge on any atom is -0.490 e. The van der Waals surface area contributed by atoms with E-state index < -0.39 is 0 Å². The Kier molecular flexibility index (Phi) is 7.38. The number of hydrogen-bond acceptors (Lipinski definition) is 5. The number of ether oxygens (including phenoxy) is 3. The van der Waals surface area contributed by atoms with E-state index in [1.165, 1.54) is 38.5 Å². The summed E-state index contributed by atoms with van der Waals surface area (Å²) in [6.45, 7) is 7.42. The Morgan fingerprint density at radius 2 is 1.81 bits per heavy atom. The standard InChI is InChI=1S/C25H36N2O4/c1-18(2)30-24-16-20(31-19-9-5-3-6-10-19)15-22-21(24)17-23(26-22)25(28)29-14-13-27-11-7-4-8-12-27/h15-19,26H,3-14H2,1-2H3. The van der Waals surface area contributed by atoms with Crippen molar-refractivity contribution in [2.24, 2.45) is 0 Å². The van der Waals surface area contributed by atoms with Gasteiger partial charge >= 0.3 is 5.97 Å². The second-order valence-electron chi connectivity index (χ2n) is 9.15. The van der Waals surface area contributed by atoms with E-state index in [1.807, 2.05) is 32.0 Å². The maximum atomic E-state index is 12.6. The Balaban J connectivity index is 1.46. The first-order valence-corrected chi connectivity index (χ1v) is 12.0. The van der Waals surface area contributed by atoms with Crippen molar-refractivity contribution in [2.45, 2.75) is 77.4 Å². The predicted molar refractivity (Wildman–Crippen MR) is 122 cm³/mol. The van der Waals surface area contributed by atoms with Crippen molar-refractivity contribution in [3.05, 3.63) is 23.9 Å². The molecule has 1 aliphatic heterocycles. The molecule has 6 nitrogen and oxygen atoms in total. The zero-order chi connectivity index (χ0) is 21.6. The van der Waals surface area contributed by atoms with Crippen LogP contribution in [0, 0.1) is 0 Å². The van der Waals surface area contributed by atoms with Crippen LogP contribution in [0.1, 0.15) is 75.7 Å². The van der Waals surface area contributed by atoms with Gasteiger partial charge in [0.1, 0.15) is 23.8 Å². The molecule has 6 heteroatoms. The highest BCUT2D eigenvalue weighted by Crippen LogP contribution is 2.34. The Hall–Kier alpha value is -2.21. The number of esters is 1. The molecule has 1 aliphatic carbocycles. The number of H-pyrrole nitrogens is 1. The van der Waals surface area contributed by atoms with Crippen molar-refractivity contribution in [1.29, 1.82) is 0 Å². The van der Waals surface area contributed by atoms with E-state index in [9.17, 15) is 4.79 Å². The lowest BCUT2D eigenvalue weighted by atomic mass is 9.98. The topological polar surface area (TPSA) is 63.8 Å². The van der Waals surface area contributed by atoms with E-state index in [0.717, 1.165) is 54.9 Å². The highest BCUT2D eigenvalue weighted by atomic mass is 16.5. The fourth-order valence-corrected chi connectivity index (χ4v) is 4.61. The van der Waals surface area contributed by atoms with Crippen LogP contribution < -0.4 is 9.47 Å². The molecular weight excluding hydrogens is 392 g/mol. The molecular formula is C25H36N2O4. The van der Waals surface area contributed by atoms with Gasteiger partial charge < -0.3 is 19.2 Å². The fraction of sp³-hybridized carbons (Fsp3) is 0.640. The summed E-state index contributed by atoms with van der Waals surface area (Å²) in [6.07, 6.45) is 9.99. The third kappa shape index (κ3) is 5.94. The summed E-state index contributed by atoms with van der Waals surface area (Å²) in [5, 5.41) is 0.882. The first-order valence-electron chi connectivity index (χ1n) is 12.0. The van der Waals surface area contributed by atoms with Gasteiger partial charge in [0.15, 0.2) is 0 Å². The van der Waals surface area contributed by atoms with Gasteiger partial charge in [-0.2, -0.15) is 0 Å². The van der Waals surface area contributed by atoms with Crippen LogP contribution in [-0.4, -0.2) is 54.3 Å². The lowest BCUT2D eigenvalue weighted by Gasteiger charge is -2.25. The summed E-state index contributed by atoms with van der Waals surface area (Å²) < 4.78 is 17.9. The minimum absolute atomic E-state index is 0.0305. The number of fused-ring (bicyclic) bond motifs is 1. The number of aromatic nitrogens is 1. The molecule has 1 aromatic carbocycles. The third-order valence-corrected chi connectivity index (χ3v) is 6.20. The Bertz CT molecular complexity index is 864. The molecule has 2 aromatic rings. The van der Waals surface area contributed by atoms with Crippen molar-refractivity contribution >= 4 is 16.9 Å². The molecule has 0 bridgehead atoms. The SMILES string of the molecule is CC(C)Oc1cc(OC2CCCCC2)cc2[nH]c(C(=O)OCCN3CCCCC3)cc12. The van der Waals surface area contributed by atoms with Crippen LogP contribution in [0.4, 0.5) is 0 Å². The minimum atomic E-state index is -0.321. The van der Waals surface area contributed by atoms with Gasteiger partial charge in [-0.25, -0.2) is 4.79 Å². The van der Waals surface area contributed by atoms with E-state index in [-0.39, 0.29) is 18.2 Å². The number of nitrogens with one attached hydrogen (secondary N) is 1. The molecule has 0 spiro atoms. The van der Waals surface area contributed by atoms with E-state index in [4.69, 9.17) is 14.2 Å². The van der Waals surface area contributed by atoms with Crippen molar-refractivity contribution < 1.29 is 19.0 Å². The molecule has 4 rings (SSSR count). The molecule has 0 unspecified atom stereocenters. The van der Waals surface area contributed by atoms with Crippen molar-refractivity contribution in [3.8, 4) is 11.5 Å². The third-order valence-electron chi connectivity index (χ3n) is 6.20. The lowest BCUT2D eigenvalue weighted by molar-refractivity contribution is 0.0446. The molecule has 0 atom stereocenters. The molecule has 1 N–H and O–H groups in total. The Morgan fingerprint density at radius 1 is 1.06 bits per heavy atom. The Morgan fingerprint density at radius 3 is 2.55 bits per heavy atom. The molecule has 0 radical (unpaired) electrons. The molecule has 1 saturated carbocycles. The normalized spacial score (nSPS) is 18.4. The summed E-state index contributed by atoms with van der Waals surface area (Å²) in [4.78, 5) is 18.2. The molecule has 1 saturated heterocycles. The van der Waals surface area contributed by atoms with Gasteiger partial charge in [0.2, 0.25) is 0 Å². The number of benzene rings is 1.